The molecule has 2 atom stereocenters. The average Bonchev–Trinajstić information content (AvgIpc) is 2.95. The molecular formula is C14H18N4O2. The highest BCUT2D eigenvalue weighted by Gasteiger charge is 2.23. The van der Waals surface area contributed by atoms with E-state index < -0.39 is 0 Å². The number of aromatic nitrogens is 2. The van der Waals surface area contributed by atoms with Crippen LogP contribution in [0.5, 0.6) is 5.75 Å². The lowest BCUT2D eigenvalue weighted by Gasteiger charge is -2.25. The van der Waals surface area contributed by atoms with Crippen molar-refractivity contribution in [2.45, 2.75) is 25.4 Å². The lowest BCUT2D eigenvalue weighted by Crippen LogP contribution is -2.20. The van der Waals surface area contributed by atoms with E-state index in [9.17, 15) is 0 Å². The number of anilines is 1. The number of ether oxygens (including phenoxy) is 1. The van der Waals surface area contributed by atoms with Gasteiger partial charge in [0.2, 0.25) is 5.89 Å². The molecule has 1 aromatic carbocycles. The zero-order valence-electron chi connectivity index (χ0n) is 11.6. The fourth-order valence-electron chi connectivity index (χ4n) is 2.23. The summed E-state index contributed by atoms with van der Waals surface area (Å²) in [7, 11) is 1.86. The van der Waals surface area contributed by atoms with Gasteiger partial charge < -0.3 is 19.8 Å². The van der Waals surface area contributed by atoms with Crippen molar-refractivity contribution in [2.75, 3.05) is 19.0 Å². The minimum Gasteiger partial charge on any atom is -0.493 e. The summed E-state index contributed by atoms with van der Waals surface area (Å²) < 4.78 is 11.3. The van der Waals surface area contributed by atoms with Gasteiger partial charge in [-0.15, -0.1) is 5.10 Å². The maximum absolute atomic E-state index is 5.64. The van der Waals surface area contributed by atoms with Crippen LogP contribution in [-0.4, -0.2) is 23.9 Å². The second-order valence-corrected chi connectivity index (χ2v) is 4.83. The van der Waals surface area contributed by atoms with Crippen LogP contribution in [0.15, 0.2) is 28.7 Å². The maximum Gasteiger partial charge on any atom is 0.316 e. The number of rotatable bonds is 4. The van der Waals surface area contributed by atoms with Gasteiger partial charge >= 0.3 is 6.01 Å². The van der Waals surface area contributed by atoms with Crippen LogP contribution in [0.3, 0.4) is 0 Å². The first-order chi connectivity index (χ1) is 9.78. The Hall–Kier alpha value is -2.08. The van der Waals surface area contributed by atoms with Gasteiger partial charge in [0.1, 0.15) is 5.75 Å². The third-order valence-electron chi connectivity index (χ3n) is 3.50. The third kappa shape index (κ3) is 2.46. The summed E-state index contributed by atoms with van der Waals surface area (Å²) >= 11 is 0. The van der Waals surface area contributed by atoms with Crippen molar-refractivity contribution in [3.8, 4) is 5.75 Å². The SMILES string of the molecule is CNC(C)c1nnc(NC2CCOc3ccccc32)o1. The lowest BCUT2D eigenvalue weighted by atomic mass is 10.0. The largest absolute Gasteiger partial charge is 0.493 e. The van der Waals surface area contributed by atoms with E-state index in [-0.39, 0.29) is 12.1 Å². The molecule has 0 aliphatic carbocycles. The van der Waals surface area contributed by atoms with Crippen molar-refractivity contribution >= 4 is 6.01 Å². The van der Waals surface area contributed by atoms with Crippen LogP contribution in [0.1, 0.15) is 36.9 Å². The quantitative estimate of drug-likeness (QED) is 0.891. The lowest BCUT2D eigenvalue weighted by molar-refractivity contribution is 0.273. The van der Waals surface area contributed by atoms with E-state index in [4.69, 9.17) is 9.15 Å². The first-order valence-corrected chi connectivity index (χ1v) is 6.77. The molecule has 3 rings (SSSR count). The van der Waals surface area contributed by atoms with Gasteiger partial charge in [-0.1, -0.05) is 23.3 Å². The monoisotopic (exact) mass is 274 g/mol. The Labute approximate surface area is 117 Å². The molecule has 6 nitrogen and oxygen atoms in total. The van der Waals surface area contributed by atoms with Crippen molar-refractivity contribution < 1.29 is 9.15 Å². The number of para-hydroxylation sites is 1. The molecule has 0 bridgehead atoms. The fraction of sp³-hybridized carbons (Fsp3) is 0.429. The molecule has 0 fully saturated rings. The van der Waals surface area contributed by atoms with Gasteiger partial charge in [-0.3, -0.25) is 0 Å². The molecule has 1 aliphatic rings. The second-order valence-electron chi connectivity index (χ2n) is 4.83. The molecule has 1 aromatic heterocycles. The molecule has 0 amide bonds. The smallest absolute Gasteiger partial charge is 0.316 e. The highest BCUT2D eigenvalue weighted by Crippen LogP contribution is 2.33. The molecule has 20 heavy (non-hydrogen) atoms. The van der Waals surface area contributed by atoms with Gasteiger partial charge in [0, 0.05) is 12.0 Å². The summed E-state index contributed by atoms with van der Waals surface area (Å²) in [5.74, 6) is 1.50. The molecule has 2 N–H and O–H groups in total. The van der Waals surface area contributed by atoms with Gasteiger partial charge in [0.15, 0.2) is 0 Å². The normalized spacial score (nSPS) is 19.0. The Morgan fingerprint density at radius 2 is 2.15 bits per heavy atom. The van der Waals surface area contributed by atoms with Crippen molar-refractivity contribution in [2.24, 2.45) is 0 Å². The third-order valence-corrected chi connectivity index (χ3v) is 3.50. The Balaban J connectivity index is 1.77. The average molecular weight is 274 g/mol. The van der Waals surface area contributed by atoms with Gasteiger partial charge in [-0.05, 0) is 20.0 Å². The number of nitrogens with zero attached hydrogens (tertiary/aromatic N) is 2. The first-order valence-electron chi connectivity index (χ1n) is 6.77. The molecule has 0 saturated heterocycles. The molecule has 106 valence electrons. The van der Waals surface area contributed by atoms with Gasteiger partial charge in [-0.25, -0.2) is 0 Å². The molecule has 1 aliphatic heterocycles. The van der Waals surface area contributed by atoms with Crippen LogP contribution in [0.4, 0.5) is 6.01 Å². The minimum atomic E-state index is 0.0417. The van der Waals surface area contributed by atoms with Crippen molar-refractivity contribution in [1.82, 2.24) is 15.5 Å². The van der Waals surface area contributed by atoms with Gasteiger partial charge in [-0.2, -0.15) is 0 Å². The van der Waals surface area contributed by atoms with Crippen LogP contribution < -0.4 is 15.4 Å². The van der Waals surface area contributed by atoms with E-state index in [0.29, 0.717) is 18.5 Å². The van der Waals surface area contributed by atoms with E-state index >= 15 is 0 Å². The number of fused-ring (bicyclic) bond motifs is 1. The molecule has 2 unspecified atom stereocenters. The van der Waals surface area contributed by atoms with Crippen LogP contribution >= 0.6 is 0 Å². The highest BCUT2D eigenvalue weighted by atomic mass is 16.5. The molecule has 2 heterocycles. The van der Waals surface area contributed by atoms with Crippen LogP contribution in [0, 0.1) is 0 Å². The van der Waals surface area contributed by atoms with E-state index in [2.05, 4.69) is 26.9 Å². The summed E-state index contributed by atoms with van der Waals surface area (Å²) in [6.45, 7) is 2.66. The second kappa shape index (κ2) is 5.50. The first kappa shape index (κ1) is 12.9. The number of hydrogen-bond acceptors (Lipinski definition) is 6. The van der Waals surface area contributed by atoms with Crippen molar-refractivity contribution in [3.63, 3.8) is 0 Å². The standard InChI is InChI=1S/C14H18N4O2/c1-9(15-2)13-17-18-14(20-13)16-11-7-8-19-12-6-4-3-5-10(11)12/h3-6,9,11,15H,7-8H2,1-2H3,(H,16,18). The summed E-state index contributed by atoms with van der Waals surface area (Å²) in [5.41, 5.74) is 1.13. The molecule has 6 heteroatoms. The molecule has 0 radical (unpaired) electrons. The van der Waals surface area contributed by atoms with Crippen LogP contribution in [0.2, 0.25) is 0 Å². The van der Waals surface area contributed by atoms with Gasteiger partial charge in [0.05, 0.1) is 18.7 Å². The van der Waals surface area contributed by atoms with Crippen LogP contribution in [0.25, 0.3) is 0 Å². The Morgan fingerprint density at radius 3 is 3.00 bits per heavy atom. The zero-order chi connectivity index (χ0) is 13.9. The van der Waals surface area contributed by atoms with E-state index in [1.54, 1.807) is 0 Å². The van der Waals surface area contributed by atoms with E-state index in [0.717, 1.165) is 17.7 Å². The number of benzene rings is 1. The summed E-state index contributed by atoms with van der Waals surface area (Å²) in [4.78, 5) is 0. The summed E-state index contributed by atoms with van der Waals surface area (Å²) in [5, 5.41) is 14.4. The van der Waals surface area contributed by atoms with E-state index in [1.807, 2.05) is 32.2 Å². The summed E-state index contributed by atoms with van der Waals surface area (Å²) in [6.07, 6.45) is 0.871. The Bertz CT molecular complexity index is 584. The zero-order valence-corrected chi connectivity index (χ0v) is 11.6. The summed E-state index contributed by atoms with van der Waals surface area (Å²) in [6, 6.07) is 8.64. The Kier molecular flexibility index (Phi) is 3.56. The fourth-order valence-corrected chi connectivity index (χ4v) is 2.23. The highest BCUT2D eigenvalue weighted by molar-refractivity contribution is 5.41. The molecule has 0 saturated carbocycles. The van der Waals surface area contributed by atoms with Crippen molar-refractivity contribution in [1.29, 1.82) is 0 Å². The van der Waals surface area contributed by atoms with Crippen molar-refractivity contribution in [3.05, 3.63) is 35.7 Å². The molecule has 0 spiro atoms. The topological polar surface area (TPSA) is 72.2 Å². The molecule has 2 aromatic rings. The van der Waals surface area contributed by atoms with Crippen LogP contribution in [-0.2, 0) is 0 Å². The molecular weight excluding hydrogens is 256 g/mol. The Morgan fingerprint density at radius 1 is 1.30 bits per heavy atom. The number of nitrogens with one attached hydrogen (secondary N) is 2. The minimum absolute atomic E-state index is 0.0417. The predicted molar refractivity (Wildman–Crippen MR) is 74.7 cm³/mol. The van der Waals surface area contributed by atoms with Gasteiger partial charge in [0.25, 0.3) is 0 Å². The maximum atomic E-state index is 5.64. The number of hydrogen-bond donors (Lipinski definition) is 2. The van der Waals surface area contributed by atoms with E-state index in [1.165, 1.54) is 0 Å². The predicted octanol–water partition coefficient (Wildman–Crippen LogP) is 2.29.